The van der Waals surface area contributed by atoms with Crippen LogP contribution in [0, 0.1) is 26.6 Å². The van der Waals surface area contributed by atoms with Crippen LogP contribution in [-0.2, 0) is 0 Å². The zero-order valence-electron chi connectivity index (χ0n) is 14.4. The van der Waals surface area contributed by atoms with Gasteiger partial charge >= 0.3 is 0 Å². The summed E-state index contributed by atoms with van der Waals surface area (Å²) in [5.41, 5.74) is 5.59. The molecule has 0 saturated carbocycles. The summed E-state index contributed by atoms with van der Waals surface area (Å²) in [5.74, 6) is 0.347. The van der Waals surface area contributed by atoms with Gasteiger partial charge in [-0.15, -0.1) is 0 Å². The second kappa shape index (κ2) is 5.77. The maximum absolute atomic E-state index is 14.2. The Balaban J connectivity index is 2.34. The lowest BCUT2D eigenvalue weighted by atomic mass is 9.92. The molecule has 0 fully saturated rings. The molecule has 0 spiro atoms. The van der Waals surface area contributed by atoms with Crippen molar-refractivity contribution in [2.45, 2.75) is 40.5 Å². The number of nitrogens with zero attached hydrogens (tertiary/aromatic N) is 1. The Kier molecular flexibility index (Phi) is 3.93. The van der Waals surface area contributed by atoms with E-state index in [1.807, 2.05) is 39.1 Å². The van der Waals surface area contributed by atoms with E-state index in [0.29, 0.717) is 17.0 Å². The molecule has 1 nitrogen and oxygen atoms in total. The van der Waals surface area contributed by atoms with Gasteiger partial charge < -0.3 is 0 Å². The minimum absolute atomic E-state index is 0.116. The molecule has 0 amide bonds. The van der Waals surface area contributed by atoms with E-state index in [9.17, 15) is 4.39 Å². The topological polar surface area (TPSA) is 12.9 Å². The summed E-state index contributed by atoms with van der Waals surface area (Å²) in [5, 5.41) is 2.30. The van der Waals surface area contributed by atoms with Gasteiger partial charge in [0.05, 0.1) is 5.69 Å². The van der Waals surface area contributed by atoms with E-state index < -0.39 is 0 Å². The van der Waals surface area contributed by atoms with Crippen LogP contribution in [0.4, 0.5) is 4.39 Å². The van der Waals surface area contributed by atoms with Crippen LogP contribution in [0.25, 0.3) is 22.0 Å². The first kappa shape index (κ1) is 15.7. The monoisotopic (exact) mass is 307 g/mol. The Labute approximate surface area is 137 Å². The van der Waals surface area contributed by atoms with Gasteiger partial charge in [-0.05, 0) is 72.5 Å². The molecule has 0 aliphatic carbocycles. The summed E-state index contributed by atoms with van der Waals surface area (Å²) in [4.78, 5) is 4.63. The number of hydrogen-bond donors (Lipinski definition) is 0. The molecule has 3 rings (SSSR count). The van der Waals surface area contributed by atoms with E-state index in [2.05, 4.69) is 37.0 Å². The maximum Gasteiger partial charge on any atom is 0.129 e. The van der Waals surface area contributed by atoms with Crippen LogP contribution in [0.3, 0.4) is 0 Å². The molecular formula is C21H22FN. The number of fused-ring (bicyclic) bond motifs is 1. The summed E-state index contributed by atoms with van der Waals surface area (Å²) in [7, 11) is 0. The van der Waals surface area contributed by atoms with Gasteiger partial charge in [0, 0.05) is 17.1 Å². The molecule has 0 radical (unpaired) electrons. The quantitative estimate of drug-likeness (QED) is 0.558. The highest BCUT2D eigenvalue weighted by atomic mass is 19.1. The average Bonchev–Trinajstić information content (AvgIpc) is 2.55. The second-order valence-electron chi connectivity index (χ2n) is 6.60. The number of aromatic nitrogens is 1. The highest BCUT2D eigenvalue weighted by Crippen LogP contribution is 2.33. The number of hydrogen-bond acceptors (Lipinski definition) is 1. The van der Waals surface area contributed by atoms with Crippen molar-refractivity contribution in [1.29, 1.82) is 0 Å². The lowest BCUT2D eigenvalue weighted by Gasteiger charge is -2.15. The highest BCUT2D eigenvalue weighted by Gasteiger charge is 2.15. The molecule has 0 atom stereocenters. The van der Waals surface area contributed by atoms with Gasteiger partial charge in [-0.1, -0.05) is 26.0 Å². The highest BCUT2D eigenvalue weighted by molar-refractivity contribution is 5.95. The molecule has 0 aliphatic heterocycles. The molecule has 1 aromatic heterocycles. The largest absolute Gasteiger partial charge is 0.256 e. The Hall–Kier alpha value is -2.22. The first-order chi connectivity index (χ1) is 10.9. The summed E-state index contributed by atoms with van der Waals surface area (Å²) < 4.78 is 14.2. The van der Waals surface area contributed by atoms with E-state index in [0.717, 1.165) is 22.2 Å². The fourth-order valence-electron chi connectivity index (χ4n) is 3.06. The van der Waals surface area contributed by atoms with Crippen LogP contribution in [0.15, 0.2) is 36.5 Å². The molecule has 3 aromatic rings. The van der Waals surface area contributed by atoms with Crippen LogP contribution >= 0.6 is 0 Å². The van der Waals surface area contributed by atoms with Gasteiger partial charge in [0.15, 0.2) is 0 Å². The minimum atomic E-state index is -0.116. The minimum Gasteiger partial charge on any atom is -0.256 e. The summed E-state index contributed by atoms with van der Waals surface area (Å²) in [6, 6.07) is 10.5. The Morgan fingerprint density at radius 3 is 2.39 bits per heavy atom. The lowest BCUT2D eigenvalue weighted by molar-refractivity contribution is 0.608. The van der Waals surface area contributed by atoms with Crippen LogP contribution < -0.4 is 0 Å². The predicted molar refractivity (Wildman–Crippen MR) is 95.4 cm³/mol. The SMILES string of the molecule is Cc1cc(-c2nccc3ccc(C(C)C)cc23)c(C)c(C)c1F. The van der Waals surface area contributed by atoms with Crippen molar-refractivity contribution >= 4 is 10.8 Å². The molecule has 0 bridgehead atoms. The molecule has 2 aromatic carbocycles. The van der Waals surface area contributed by atoms with Gasteiger partial charge in [-0.2, -0.15) is 0 Å². The van der Waals surface area contributed by atoms with Crippen molar-refractivity contribution in [1.82, 2.24) is 4.98 Å². The zero-order chi connectivity index (χ0) is 16.7. The van der Waals surface area contributed by atoms with Crippen molar-refractivity contribution in [3.63, 3.8) is 0 Å². The van der Waals surface area contributed by atoms with Gasteiger partial charge in [0.1, 0.15) is 5.82 Å². The van der Waals surface area contributed by atoms with Crippen LogP contribution in [0.1, 0.15) is 42.0 Å². The van der Waals surface area contributed by atoms with Gasteiger partial charge in [-0.3, -0.25) is 4.98 Å². The summed E-state index contributed by atoms with van der Waals surface area (Å²) in [6.07, 6.45) is 1.83. The third-order valence-corrected chi connectivity index (χ3v) is 4.71. The molecule has 0 N–H and O–H groups in total. The third kappa shape index (κ3) is 2.63. The van der Waals surface area contributed by atoms with E-state index >= 15 is 0 Å². The van der Waals surface area contributed by atoms with Gasteiger partial charge in [0.25, 0.3) is 0 Å². The molecule has 1 heterocycles. The van der Waals surface area contributed by atoms with Crippen LogP contribution in [-0.4, -0.2) is 4.98 Å². The lowest BCUT2D eigenvalue weighted by Crippen LogP contribution is -1.98. The third-order valence-electron chi connectivity index (χ3n) is 4.71. The Bertz CT molecular complexity index is 894. The smallest absolute Gasteiger partial charge is 0.129 e. The van der Waals surface area contributed by atoms with E-state index in [4.69, 9.17) is 0 Å². The Morgan fingerprint density at radius 2 is 1.70 bits per heavy atom. The molecule has 118 valence electrons. The molecule has 2 heteroatoms. The molecule has 0 saturated heterocycles. The normalized spacial score (nSPS) is 11.4. The number of rotatable bonds is 2. The standard InChI is InChI=1S/C21H22FN/c1-12(2)17-7-6-16-8-9-23-21(19(16)11-17)18-10-13(3)20(22)15(5)14(18)4/h6-12H,1-5H3. The predicted octanol–water partition coefficient (Wildman–Crippen LogP) is 6.09. The molecule has 23 heavy (non-hydrogen) atoms. The average molecular weight is 307 g/mol. The van der Waals surface area contributed by atoms with Crippen molar-refractivity contribution < 1.29 is 4.39 Å². The van der Waals surface area contributed by atoms with Gasteiger partial charge in [0.2, 0.25) is 0 Å². The Morgan fingerprint density at radius 1 is 0.957 bits per heavy atom. The number of aryl methyl sites for hydroxylation is 1. The molecule has 0 aliphatic rings. The molecular weight excluding hydrogens is 285 g/mol. The van der Waals surface area contributed by atoms with Crippen molar-refractivity contribution in [3.8, 4) is 11.3 Å². The first-order valence-electron chi connectivity index (χ1n) is 8.05. The van der Waals surface area contributed by atoms with E-state index in [1.165, 1.54) is 10.9 Å². The van der Waals surface area contributed by atoms with Gasteiger partial charge in [-0.25, -0.2) is 4.39 Å². The fourth-order valence-corrected chi connectivity index (χ4v) is 3.06. The van der Waals surface area contributed by atoms with Crippen molar-refractivity contribution in [2.24, 2.45) is 0 Å². The van der Waals surface area contributed by atoms with Crippen molar-refractivity contribution in [3.05, 3.63) is 64.6 Å². The van der Waals surface area contributed by atoms with Crippen LogP contribution in [0.2, 0.25) is 0 Å². The van der Waals surface area contributed by atoms with Crippen LogP contribution in [0.5, 0.6) is 0 Å². The van der Waals surface area contributed by atoms with Crippen molar-refractivity contribution in [2.75, 3.05) is 0 Å². The number of halogens is 1. The molecule has 0 unspecified atom stereocenters. The second-order valence-corrected chi connectivity index (χ2v) is 6.60. The van der Waals surface area contributed by atoms with E-state index in [1.54, 1.807) is 0 Å². The first-order valence-corrected chi connectivity index (χ1v) is 8.05. The number of benzene rings is 2. The summed E-state index contributed by atoms with van der Waals surface area (Å²) in [6.45, 7) is 10.0. The van der Waals surface area contributed by atoms with E-state index in [-0.39, 0.29) is 5.82 Å². The zero-order valence-corrected chi connectivity index (χ0v) is 14.4. The number of pyridine rings is 1. The summed E-state index contributed by atoms with van der Waals surface area (Å²) >= 11 is 0. The maximum atomic E-state index is 14.2. The fraction of sp³-hybridized carbons (Fsp3) is 0.286.